The van der Waals surface area contributed by atoms with Crippen LogP contribution in [0.5, 0.6) is 0 Å². The van der Waals surface area contributed by atoms with Crippen LogP contribution in [0.25, 0.3) is 0 Å². The second-order valence-corrected chi connectivity index (χ2v) is 3.43. The summed E-state index contributed by atoms with van der Waals surface area (Å²) in [5.41, 5.74) is 7.82. The fourth-order valence-corrected chi connectivity index (χ4v) is 1.19. The van der Waals surface area contributed by atoms with Crippen LogP contribution >= 0.6 is 0 Å². The average Bonchev–Trinajstić information content (AvgIpc) is 2.41. The van der Waals surface area contributed by atoms with Crippen LogP contribution < -0.4 is 11.1 Å². The van der Waals surface area contributed by atoms with Crippen molar-refractivity contribution < 1.29 is 0 Å². The maximum atomic E-state index is 5.50. The lowest BCUT2D eigenvalue weighted by Gasteiger charge is -2.09. The van der Waals surface area contributed by atoms with E-state index >= 15 is 0 Å². The van der Waals surface area contributed by atoms with E-state index in [0.29, 0.717) is 12.6 Å². The summed E-state index contributed by atoms with van der Waals surface area (Å²) in [5.74, 6) is 0. The monoisotopic (exact) mass is 182 g/mol. The second-order valence-electron chi connectivity index (χ2n) is 3.43. The van der Waals surface area contributed by atoms with Crippen molar-refractivity contribution in [1.82, 2.24) is 15.1 Å². The van der Waals surface area contributed by atoms with Gasteiger partial charge in [0.05, 0.1) is 5.69 Å². The van der Waals surface area contributed by atoms with Gasteiger partial charge in [0.1, 0.15) is 0 Å². The quantitative estimate of drug-likeness (QED) is 0.697. The summed E-state index contributed by atoms with van der Waals surface area (Å²) in [6, 6.07) is 0.361. The van der Waals surface area contributed by atoms with Crippen LogP contribution in [0.2, 0.25) is 0 Å². The van der Waals surface area contributed by atoms with Gasteiger partial charge in [0.25, 0.3) is 0 Å². The molecule has 74 valence electrons. The predicted molar refractivity (Wildman–Crippen MR) is 53.3 cm³/mol. The molecule has 0 radical (unpaired) electrons. The van der Waals surface area contributed by atoms with Gasteiger partial charge < -0.3 is 11.1 Å². The fourth-order valence-electron chi connectivity index (χ4n) is 1.19. The normalized spacial score (nSPS) is 13.2. The molecule has 1 aromatic heterocycles. The van der Waals surface area contributed by atoms with Crippen molar-refractivity contribution in [2.24, 2.45) is 12.8 Å². The van der Waals surface area contributed by atoms with E-state index in [9.17, 15) is 0 Å². The molecule has 0 saturated heterocycles. The number of nitrogens with one attached hydrogen (secondary N) is 1. The molecule has 0 aliphatic heterocycles. The first-order chi connectivity index (χ1) is 6.13. The molecule has 1 rings (SSSR count). The number of nitrogens with zero attached hydrogens (tertiary/aromatic N) is 2. The van der Waals surface area contributed by atoms with Crippen LogP contribution in [0.3, 0.4) is 0 Å². The first kappa shape index (κ1) is 10.2. The molecule has 4 nitrogen and oxygen atoms in total. The highest BCUT2D eigenvalue weighted by Gasteiger charge is 2.03. The Morgan fingerprint density at radius 3 is 2.85 bits per heavy atom. The molecule has 0 aliphatic carbocycles. The molecule has 0 bridgehead atoms. The summed E-state index contributed by atoms with van der Waals surface area (Å²) in [5, 5.41) is 7.58. The number of hydrogen-bond acceptors (Lipinski definition) is 3. The average molecular weight is 182 g/mol. The summed E-state index contributed by atoms with van der Waals surface area (Å²) in [6.45, 7) is 5.60. The molecule has 0 spiro atoms. The Morgan fingerprint density at radius 1 is 1.69 bits per heavy atom. The van der Waals surface area contributed by atoms with Crippen molar-refractivity contribution in [2.45, 2.75) is 26.4 Å². The standard InChI is InChI=1S/C9H18N4/c1-7(4-10)11-5-9-6-13(3)12-8(9)2/h6-7,11H,4-5,10H2,1-3H3/t7-/m1/s1. The molecule has 3 N–H and O–H groups in total. The van der Waals surface area contributed by atoms with Crippen molar-refractivity contribution in [3.05, 3.63) is 17.5 Å². The van der Waals surface area contributed by atoms with Crippen LogP contribution in [0.15, 0.2) is 6.20 Å². The molecule has 0 fully saturated rings. The summed E-state index contributed by atoms with van der Waals surface area (Å²) in [7, 11) is 1.93. The van der Waals surface area contributed by atoms with E-state index in [1.54, 1.807) is 0 Å². The molecule has 1 atom stereocenters. The molecule has 1 heterocycles. The molecular formula is C9H18N4. The van der Waals surface area contributed by atoms with Gasteiger partial charge in [-0.05, 0) is 13.8 Å². The predicted octanol–water partition coefficient (Wildman–Crippen LogP) is 0.165. The molecule has 13 heavy (non-hydrogen) atoms. The van der Waals surface area contributed by atoms with E-state index in [0.717, 1.165) is 12.2 Å². The number of nitrogens with two attached hydrogens (primary N) is 1. The maximum absolute atomic E-state index is 5.50. The van der Waals surface area contributed by atoms with Crippen LogP contribution in [-0.2, 0) is 13.6 Å². The van der Waals surface area contributed by atoms with E-state index in [1.165, 1.54) is 5.56 Å². The van der Waals surface area contributed by atoms with Gasteiger partial charge in [-0.2, -0.15) is 5.10 Å². The zero-order chi connectivity index (χ0) is 9.84. The highest BCUT2D eigenvalue weighted by Crippen LogP contribution is 2.03. The molecule has 4 heteroatoms. The Kier molecular flexibility index (Phi) is 3.45. The van der Waals surface area contributed by atoms with Gasteiger partial charge in [-0.15, -0.1) is 0 Å². The van der Waals surface area contributed by atoms with Gasteiger partial charge >= 0.3 is 0 Å². The fraction of sp³-hybridized carbons (Fsp3) is 0.667. The van der Waals surface area contributed by atoms with E-state index < -0.39 is 0 Å². The molecule has 0 amide bonds. The second kappa shape index (κ2) is 4.39. The van der Waals surface area contributed by atoms with Crippen LogP contribution in [0.1, 0.15) is 18.2 Å². The summed E-state index contributed by atoms with van der Waals surface area (Å²) in [4.78, 5) is 0. The van der Waals surface area contributed by atoms with Crippen LogP contribution in [0.4, 0.5) is 0 Å². The zero-order valence-electron chi connectivity index (χ0n) is 8.54. The summed E-state index contributed by atoms with van der Waals surface area (Å²) < 4.78 is 1.83. The number of hydrogen-bond donors (Lipinski definition) is 2. The van der Waals surface area contributed by atoms with E-state index in [-0.39, 0.29) is 0 Å². The highest BCUT2D eigenvalue weighted by atomic mass is 15.2. The Hall–Kier alpha value is -0.870. The van der Waals surface area contributed by atoms with Crippen LogP contribution in [0, 0.1) is 6.92 Å². The minimum Gasteiger partial charge on any atom is -0.329 e. The van der Waals surface area contributed by atoms with Gasteiger partial charge in [-0.3, -0.25) is 4.68 Å². The Morgan fingerprint density at radius 2 is 2.38 bits per heavy atom. The molecule has 0 aliphatic rings. The van der Waals surface area contributed by atoms with Crippen LogP contribution in [-0.4, -0.2) is 22.4 Å². The van der Waals surface area contributed by atoms with Crippen molar-refractivity contribution >= 4 is 0 Å². The topological polar surface area (TPSA) is 55.9 Å². The largest absolute Gasteiger partial charge is 0.329 e. The Bertz CT molecular complexity index is 267. The molecule has 1 aromatic rings. The smallest absolute Gasteiger partial charge is 0.0638 e. The van der Waals surface area contributed by atoms with Gasteiger partial charge in [0.2, 0.25) is 0 Å². The molecule has 0 aromatic carbocycles. The van der Waals surface area contributed by atoms with Gasteiger partial charge in [0.15, 0.2) is 0 Å². The van der Waals surface area contributed by atoms with Gasteiger partial charge in [-0.25, -0.2) is 0 Å². The summed E-state index contributed by atoms with van der Waals surface area (Å²) in [6.07, 6.45) is 2.03. The van der Waals surface area contributed by atoms with E-state index in [2.05, 4.69) is 17.3 Å². The third kappa shape index (κ3) is 2.82. The summed E-state index contributed by atoms with van der Waals surface area (Å²) >= 11 is 0. The lowest BCUT2D eigenvalue weighted by molar-refractivity contribution is 0.555. The van der Waals surface area contributed by atoms with Crippen molar-refractivity contribution in [2.75, 3.05) is 6.54 Å². The highest BCUT2D eigenvalue weighted by molar-refractivity contribution is 5.14. The van der Waals surface area contributed by atoms with Gasteiger partial charge in [0, 0.05) is 37.9 Å². The zero-order valence-corrected chi connectivity index (χ0v) is 8.54. The lowest BCUT2D eigenvalue weighted by Crippen LogP contribution is -2.32. The van der Waals surface area contributed by atoms with Crippen molar-refractivity contribution in [1.29, 1.82) is 0 Å². The van der Waals surface area contributed by atoms with Crippen molar-refractivity contribution in [3.8, 4) is 0 Å². The maximum Gasteiger partial charge on any atom is 0.0638 e. The first-order valence-electron chi connectivity index (χ1n) is 4.56. The molecular weight excluding hydrogens is 164 g/mol. The minimum absolute atomic E-state index is 0.361. The van der Waals surface area contributed by atoms with Gasteiger partial charge in [-0.1, -0.05) is 0 Å². The third-order valence-electron chi connectivity index (χ3n) is 2.11. The van der Waals surface area contributed by atoms with E-state index in [4.69, 9.17) is 5.73 Å². The number of rotatable bonds is 4. The third-order valence-corrected chi connectivity index (χ3v) is 2.11. The SMILES string of the molecule is Cc1nn(C)cc1CN[C@H](C)CN. The van der Waals surface area contributed by atoms with Crippen molar-refractivity contribution in [3.63, 3.8) is 0 Å². The molecule has 0 unspecified atom stereocenters. The Balaban J connectivity index is 2.49. The number of aryl methyl sites for hydroxylation is 2. The minimum atomic E-state index is 0.361. The molecule has 0 saturated carbocycles. The lowest BCUT2D eigenvalue weighted by atomic mass is 10.2. The number of aromatic nitrogens is 2. The first-order valence-corrected chi connectivity index (χ1v) is 4.56. The van der Waals surface area contributed by atoms with E-state index in [1.807, 2.05) is 24.9 Å². The Labute approximate surface area is 79.1 Å².